The van der Waals surface area contributed by atoms with Crippen molar-refractivity contribution in [3.8, 4) is 5.75 Å². The Kier molecular flexibility index (Phi) is 4.05. The Morgan fingerprint density at radius 1 is 1.15 bits per heavy atom. The fourth-order valence-corrected chi connectivity index (χ4v) is 2.34. The third-order valence-electron chi connectivity index (χ3n) is 2.59. The Morgan fingerprint density at radius 2 is 1.85 bits per heavy atom. The lowest BCUT2D eigenvalue weighted by molar-refractivity contribution is 0.475. The van der Waals surface area contributed by atoms with E-state index in [0.29, 0.717) is 5.56 Å². The van der Waals surface area contributed by atoms with Crippen LogP contribution in [-0.2, 0) is 10.0 Å². The molecule has 0 heterocycles. The van der Waals surface area contributed by atoms with E-state index in [-0.39, 0.29) is 10.6 Å². The van der Waals surface area contributed by atoms with Crippen LogP contribution in [0.15, 0.2) is 58.5 Å². The predicted molar refractivity (Wildman–Crippen MR) is 77.2 cm³/mol. The molecule has 2 aromatic carbocycles. The molecule has 0 amide bonds. The number of phenols is 1. The molecule has 20 heavy (non-hydrogen) atoms. The van der Waals surface area contributed by atoms with Gasteiger partial charge in [-0.25, -0.2) is 4.83 Å². The van der Waals surface area contributed by atoms with Crippen molar-refractivity contribution in [1.82, 2.24) is 4.83 Å². The monoisotopic (exact) mass is 290 g/mol. The summed E-state index contributed by atoms with van der Waals surface area (Å²) < 4.78 is 23.9. The number of aryl methyl sites for hydroxylation is 1. The van der Waals surface area contributed by atoms with Crippen LogP contribution in [0, 0.1) is 6.92 Å². The minimum atomic E-state index is -3.67. The zero-order valence-electron chi connectivity index (χ0n) is 10.8. The second-order valence-electron chi connectivity index (χ2n) is 4.26. The molecule has 0 unspecified atom stereocenters. The van der Waals surface area contributed by atoms with Crippen molar-refractivity contribution < 1.29 is 13.5 Å². The van der Waals surface area contributed by atoms with E-state index >= 15 is 0 Å². The number of benzene rings is 2. The van der Waals surface area contributed by atoms with Crippen LogP contribution in [0.25, 0.3) is 0 Å². The number of rotatable bonds is 4. The maximum atomic E-state index is 11.9. The quantitative estimate of drug-likeness (QED) is 0.668. The molecular formula is C14H14N2O3S. The largest absolute Gasteiger partial charge is 0.508 e. The summed E-state index contributed by atoms with van der Waals surface area (Å²) in [5, 5.41) is 13.0. The molecule has 104 valence electrons. The Labute approximate surface area is 117 Å². The topological polar surface area (TPSA) is 78.8 Å². The molecule has 0 atom stereocenters. The number of hydrogen-bond donors (Lipinski definition) is 2. The van der Waals surface area contributed by atoms with Crippen LogP contribution in [0.3, 0.4) is 0 Å². The Morgan fingerprint density at radius 3 is 2.50 bits per heavy atom. The molecule has 0 aliphatic rings. The minimum absolute atomic E-state index is 0.0929. The van der Waals surface area contributed by atoms with E-state index in [0.717, 1.165) is 5.56 Å². The number of phenolic OH excluding ortho intramolecular Hbond substituents is 1. The molecule has 0 aliphatic carbocycles. The van der Waals surface area contributed by atoms with Crippen molar-refractivity contribution in [3.63, 3.8) is 0 Å². The smallest absolute Gasteiger partial charge is 0.276 e. The summed E-state index contributed by atoms with van der Waals surface area (Å²) in [5.41, 5.74) is 1.57. The lowest BCUT2D eigenvalue weighted by Crippen LogP contribution is -2.18. The molecule has 0 saturated carbocycles. The fraction of sp³-hybridized carbons (Fsp3) is 0.0714. The number of nitrogens with one attached hydrogen (secondary N) is 1. The van der Waals surface area contributed by atoms with Crippen molar-refractivity contribution in [3.05, 3.63) is 59.7 Å². The van der Waals surface area contributed by atoms with E-state index < -0.39 is 10.0 Å². The lowest BCUT2D eigenvalue weighted by Gasteiger charge is -2.03. The summed E-state index contributed by atoms with van der Waals surface area (Å²) in [6, 6.07) is 12.8. The normalized spacial score (nSPS) is 11.7. The maximum Gasteiger partial charge on any atom is 0.276 e. The highest BCUT2D eigenvalue weighted by atomic mass is 32.2. The van der Waals surface area contributed by atoms with Crippen molar-refractivity contribution in [2.75, 3.05) is 0 Å². The van der Waals surface area contributed by atoms with E-state index in [1.807, 2.05) is 6.92 Å². The zero-order valence-corrected chi connectivity index (χ0v) is 11.6. The summed E-state index contributed by atoms with van der Waals surface area (Å²) in [6.45, 7) is 1.88. The molecule has 0 aliphatic heterocycles. The Hall–Kier alpha value is -2.34. The highest BCUT2D eigenvalue weighted by Gasteiger charge is 2.11. The van der Waals surface area contributed by atoms with Gasteiger partial charge in [-0.1, -0.05) is 29.8 Å². The van der Waals surface area contributed by atoms with Crippen molar-refractivity contribution in [1.29, 1.82) is 0 Å². The molecule has 0 saturated heterocycles. The van der Waals surface area contributed by atoms with E-state index in [2.05, 4.69) is 9.93 Å². The van der Waals surface area contributed by atoms with Gasteiger partial charge < -0.3 is 5.11 Å². The second kappa shape index (κ2) is 5.75. The van der Waals surface area contributed by atoms with Crippen LogP contribution in [-0.4, -0.2) is 19.7 Å². The predicted octanol–water partition coefficient (Wildman–Crippen LogP) is 2.01. The van der Waals surface area contributed by atoms with E-state index in [9.17, 15) is 13.5 Å². The van der Waals surface area contributed by atoms with Gasteiger partial charge in [-0.2, -0.15) is 13.5 Å². The highest BCUT2D eigenvalue weighted by Crippen LogP contribution is 2.10. The van der Waals surface area contributed by atoms with E-state index in [1.165, 1.54) is 30.5 Å². The van der Waals surface area contributed by atoms with Crippen molar-refractivity contribution in [2.45, 2.75) is 11.8 Å². The van der Waals surface area contributed by atoms with Crippen LogP contribution in [0.1, 0.15) is 11.1 Å². The van der Waals surface area contributed by atoms with Gasteiger partial charge in [-0.3, -0.25) is 0 Å². The molecule has 2 rings (SSSR count). The fourth-order valence-electron chi connectivity index (χ4n) is 1.55. The average molecular weight is 290 g/mol. The summed E-state index contributed by atoms with van der Waals surface area (Å²) >= 11 is 0. The van der Waals surface area contributed by atoms with Crippen LogP contribution >= 0.6 is 0 Å². The third kappa shape index (κ3) is 3.58. The first-order valence-corrected chi connectivity index (χ1v) is 7.36. The van der Waals surface area contributed by atoms with Gasteiger partial charge in [0, 0.05) is 0 Å². The van der Waals surface area contributed by atoms with Crippen LogP contribution in [0.4, 0.5) is 0 Å². The van der Waals surface area contributed by atoms with Crippen LogP contribution in [0.5, 0.6) is 5.75 Å². The molecule has 2 N–H and O–H groups in total. The summed E-state index contributed by atoms with van der Waals surface area (Å²) in [5.74, 6) is 0.0929. The third-order valence-corrected chi connectivity index (χ3v) is 3.83. The van der Waals surface area contributed by atoms with Gasteiger partial charge in [0.1, 0.15) is 5.75 Å². The number of aromatic hydroxyl groups is 1. The van der Waals surface area contributed by atoms with Gasteiger partial charge in [-0.15, -0.1) is 0 Å². The molecular weight excluding hydrogens is 276 g/mol. The first kappa shape index (κ1) is 14.1. The summed E-state index contributed by atoms with van der Waals surface area (Å²) in [4.78, 5) is 2.27. The van der Waals surface area contributed by atoms with Crippen molar-refractivity contribution >= 4 is 16.2 Å². The molecule has 0 radical (unpaired) electrons. The SMILES string of the molecule is Cc1ccc(S(=O)(=O)N/N=C/c2cccc(O)c2)cc1. The Bertz CT molecular complexity index is 722. The molecule has 2 aromatic rings. The molecule has 0 bridgehead atoms. The second-order valence-corrected chi connectivity index (χ2v) is 5.92. The first-order valence-electron chi connectivity index (χ1n) is 5.88. The van der Waals surface area contributed by atoms with E-state index in [1.54, 1.807) is 24.3 Å². The first-order chi connectivity index (χ1) is 9.47. The molecule has 0 spiro atoms. The van der Waals surface area contributed by atoms with Gasteiger partial charge in [-0.05, 0) is 36.8 Å². The number of nitrogens with zero attached hydrogens (tertiary/aromatic N) is 1. The minimum Gasteiger partial charge on any atom is -0.508 e. The lowest BCUT2D eigenvalue weighted by atomic mass is 10.2. The molecule has 5 nitrogen and oxygen atoms in total. The van der Waals surface area contributed by atoms with Crippen molar-refractivity contribution in [2.24, 2.45) is 5.10 Å². The molecule has 6 heteroatoms. The highest BCUT2D eigenvalue weighted by molar-refractivity contribution is 7.89. The number of sulfonamides is 1. The number of hydrazone groups is 1. The van der Waals surface area contributed by atoms with Gasteiger partial charge in [0.2, 0.25) is 0 Å². The van der Waals surface area contributed by atoms with E-state index in [4.69, 9.17) is 0 Å². The maximum absolute atomic E-state index is 11.9. The molecule has 0 aromatic heterocycles. The Balaban J connectivity index is 2.11. The summed E-state index contributed by atoms with van der Waals surface area (Å²) in [7, 11) is -3.67. The summed E-state index contributed by atoms with van der Waals surface area (Å²) in [6.07, 6.45) is 1.32. The standard InChI is InChI=1S/C14H14N2O3S/c1-11-5-7-14(8-6-11)20(18,19)16-15-10-12-3-2-4-13(17)9-12/h2-10,16-17H,1H3/b15-10+. The molecule has 0 fully saturated rings. The zero-order chi connectivity index (χ0) is 14.6. The van der Waals surface area contributed by atoms with Gasteiger partial charge in [0.05, 0.1) is 11.1 Å². The average Bonchev–Trinajstić information content (AvgIpc) is 2.39. The van der Waals surface area contributed by atoms with Crippen LogP contribution < -0.4 is 4.83 Å². The van der Waals surface area contributed by atoms with Gasteiger partial charge in [0.25, 0.3) is 10.0 Å². The van der Waals surface area contributed by atoms with Crippen LogP contribution in [0.2, 0.25) is 0 Å². The number of hydrogen-bond acceptors (Lipinski definition) is 4. The van der Waals surface area contributed by atoms with Gasteiger partial charge in [0.15, 0.2) is 0 Å². The van der Waals surface area contributed by atoms with Gasteiger partial charge >= 0.3 is 0 Å².